The van der Waals surface area contributed by atoms with Crippen molar-refractivity contribution in [2.24, 2.45) is 0 Å². The lowest BCUT2D eigenvalue weighted by Crippen LogP contribution is -2.15. The number of hydrogen-bond acceptors (Lipinski definition) is 3. The Bertz CT molecular complexity index is 763. The van der Waals surface area contributed by atoms with Crippen LogP contribution in [0, 0.1) is 12.7 Å². The molecule has 0 saturated heterocycles. The van der Waals surface area contributed by atoms with Crippen LogP contribution in [0.25, 0.3) is 0 Å². The summed E-state index contributed by atoms with van der Waals surface area (Å²) in [5, 5.41) is 0. The maximum Gasteiger partial charge on any atom is 0.263 e. The van der Waals surface area contributed by atoms with Gasteiger partial charge in [-0.1, -0.05) is 22.0 Å². The van der Waals surface area contributed by atoms with Crippen molar-refractivity contribution in [1.29, 1.82) is 0 Å². The van der Waals surface area contributed by atoms with Gasteiger partial charge in [-0.25, -0.2) is 12.8 Å². The molecule has 0 fully saturated rings. The fraction of sp³-hybridized carbons (Fsp3) is 0.0769. The van der Waals surface area contributed by atoms with Crippen molar-refractivity contribution in [3.63, 3.8) is 0 Å². The number of anilines is 2. The largest absolute Gasteiger partial charge is 0.398 e. The summed E-state index contributed by atoms with van der Waals surface area (Å²) in [5.41, 5.74) is 6.62. The molecule has 0 aliphatic carbocycles. The molecule has 20 heavy (non-hydrogen) atoms. The van der Waals surface area contributed by atoms with Crippen molar-refractivity contribution in [1.82, 2.24) is 0 Å². The molecule has 0 atom stereocenters. The maximum absolute atomic E-state index is 13.2. The van der Waals surface area contributed by atoms with Crippen LogP contribution in [-0.4, -0.2) is 8.42 Å². The Morgan fingerprint density at radius 1 is 1.20 bits per heavy atom. The summed E-state index contributed by atoms with van der Waals surface area (Å²) in [5.74, 6) is -0.517. The molecular weight excluding hydrogens is 347 g/mol. The second-order valence-electron chi connectivity index (χ2n) is 4.25. The number of rotatable bonds is 3. The van der Waals surface area contributed by atoms with Crippen molar-refractivity contribution in [2.75, 3.05) is 10.5 Å². The highest BCUT2D eigenvalue weighted by atomic mass is 79.9. The standard InChI is InChI=1S/C13H12BrFN2O2S/c1-8-2-4-10(15)7-12(8)17-20(18,19)13-5-3-9(14)6-11(13)16/h2-7,17H,16H2,1H3. The third kappa shape index (κ3) is 3.10. The van der Waals surface area contributed by atoms with E-state index in [0.717, 1.165) is 6.07 Å². The Labute approximate surface area is 125 Å². The quantitative estimate of drug-likeness (QED) is 0.827. The fourth-order valence-electron chi connectivity index (χ4n) is 1.67. The van der Waals surface area contributed by atoms with Crippen LogP contribution in [0.2, 0.25) is 0 Å². The lowest BCUT2D eigenvalue weighted by Gasteiger charge is -2.12. The first-order valence-corrected chi connectivity index (χ1v) is 7.91. The van der Waals surface area contributed by atoms with Gasteiger partial charge in [0.1, 0.15) is 10.7 Å². The Hall–Kier alpha value is -1.60. The first kappa shape index (κ1) is 14.8. The van der Waals surface area contributed by atoms with Crippen LogP contribution in [0.5, 0.6) is 0 Å². The number of nitrogens with one attached hydrogen (secondary N) is 1. The molecule has 4 nitrogen and oxygen atoms in total. The van der Waals surface area contributed by atoms with Crippen LogP contribution in [0.3, 0.4) is 0 Å². The molecular formula is C13H12BrFN2O2S. The van der Waals surface area contributed by atoms with Crippen LogP contribution in [0.1, 0.15) is 5.56 Å². The molecule has 7 heteroatoms. The molecule has 0 bridgehead atoms. The number of halogens is 2. The highest BCUT2D eigenvalue weighted by Crippen LogP contribution is 2.26. The minimum absolute atomic E-state index is 0.0515. The van der Waals surface area contributed by atoms with E-state index in [1.165, 1.54) is 24.3 Å². The van der Waals surface area contributed by atoms with Gasteiger partial charge in [-0.15, -0.1) is 0 Å². The summed E-state index contributed by atoms with van der Waals surface area (Å²) in [6, 6.07) is 8.34. The van der Waals surface area contributed by atoms with Gasteiger partial charge in [-0.05, 0) is 42.8 Å². The smallest absolute Gasteiger partial charge is 0.263 e. The second-order valence-corrected chi connectivity index (χ2v) is 6.81. The van der Waals surface area contributed by atoms with Gasteiger partial charge in [0.25, 0.3) is 10.0 Å². The normalized spacial score (nSPS) is 11.3. The summed E-state index contributed by atoms with van der Waals surface area (Å²) >= 11 is 3.21. The SMILES string of the molecule is Cc1ccc(F)cc1NS(=O)(=O)c1ccc(Br)cc1N. The molecule has 2 aromatic rings. The van der Waals surface area contributed by atoms with Crippen molar-refractivity contribution < 1.29 is 12.8 Å². The average Bonchev–Trinajstić information content (AvgIpc) is 2.33. The zero-order valence-corrected chi connectivity index (χ0v) is 12.9. The zero-order chi connectivity index (χ0) is 14.9. The summed E-state index contributed by atoms with van der Waals surface area (Å²) in [7, 11) is -3.86. The van der Waals surface area contributed by atoms with E-state index in [-0.39, 0.29) is 16.3 Å². The highest BCUT2D eigenvalue weighted by molar-refractivity contribution is 9.10. The Balaban J connectivity index is 2.43. The van der Waals surface area contributed by atoms with Gasteiger partial charge in [0.05, 0.1) is 11.4 Å². The van der Waals surface area contributed by atoms with Crippen LogP contribution in [-0.2, 0) is 10.0 Å². The first-order chi connectivity index (χ1) is 9.29. The average molecular weight is 359 g/mol. The Kier molecular flexibility index (Phi) is 4.01. The number of sulfonamides is 1. The molecule has 0 saturated carbocycles. The lowest BCUT2D eigenvalue weighted by molar-refractivity contribution is 0.601. The van der Waals surface area contributed by atoms with Gasteiger partial charge in [-0.3, -0.25) is 4.72 Å². The minimum Gasteiger partial charge on any atom is -0.398 e. The Morgan fingerprint density at radius 3 is 2.55 bits per heavy atom. The molecule has 0 aliphatic heterocycles. The third-order valence-electron chi connectivity index (χ3n) is 2.71. The number of benzene rings is 2. The topological polar surface area (TPSA) is 72.2 Å². The molecule has 0 heterocycles. The van der Waals surface area contributed by atoms with E-state index in [4.69, 9.17) is 5.73 Å². The number of nitrogens with two attached hydrogens (primary N) is 1. The molecule has 3 N–H and O–H groups in total. The zero-order valence-electron chi connectivity index (χ0n) is 10.5. The van der Waals surface area contributed by atoms with Crippen LogP contribution >= 0.6 is 15.9 Å². The van der Waals surface area contributed by atoms with Crippen molar-refractivity contribution >= 4 is 37.3 Å². The van der Waals surface area contributed by atoms with E-state index < -0.39 is 15.8 Å². The molecule has 0 aliphatic rings. The predicted octanol–water partition coefficient (Wildman–Crippen LogP) is 3.28. The molecule has 2 rings (SSSR count). The number of hydrogen-bond donors (Lipinski definition) is 2. The summed E-state index contributed by atoms with van der Waals surface area (Å²) < 4.78 is 40.7. The van der Waals surface area contributed by atoms with Crippen LogP contribution < -0.4 is 10.5 Å². The summed E-state index contributed by atoms with van der Waals surface area (Å²) in [6.07, 6.45) is 0. The van der Waals surface area contributed by atoms with Crippen molar-refractivity contribution in [3.05, 3.63) is 52.3 Å². The predicted molar refractivity (Wildman–Crippen MR) is 80.5 cm³/mol. The Morgan fingerprint density at radius 2 is 1.90 bits per heavy atom. The van der Waals surface area contributed by atoms with Gasteiger partial charge in [0, 0.05) is 4.47 Å². The first-order valence-electron chi connectivity index (χ1n) is 5.63. The molecule has 0 amide bonds. The second kappa shape index (κ2) is 5.41. The van der Waals surface area contributed by atoms with Crippen LogP contribution in [0.4, 0.5) is 15.8 Å². The number of aryl methyl sites for hydroxylation is 1. The summed E-state index contributed by atoms with van der Waals surface area (Å²) in [4.78, 5) is -0.0515. The highest BCUT2D eigenvalue weighted by Gasteiger charge is 2.18. The van der Waals surface area contributed by atoms with E-state index >= 15 is 0 Å². The van der Waals surface area contributed by atoms with E-state index in [1.54, 1.807) is 13.0 Å². The van der Waals surface area contributed by atoms with E-state index in [9.17, 15) is 12.8 Å². The van der Waals surface area contributed by atoms with E-state index in [0.29, 0.717) is 10.0 Å². The molecule has 0 spiro atoms. The maximum atomic E-state index is 13.2. The molecule has 0 aromatic heterocycles. The molecule has 2 aromatic carbocycles. The number of nitrogen functional groups attached to an aromatic ring is 1. The molecule has 106 valence electrons. The molecule has 0 radical (unpaired) electrons. The van der Waals surface area contributed by atoms with Crippen LogP contribution in [0.15, 0.2) is 45.8 Å². The van der Waals surface area contributed by atoms with Gasteiger partial charge < -0.3 is 5.73 Å². The van der Waals surface area contributed by atoms with Gasteiger partial charge in [0.15, 0.2) is 0 Å². The molecule has 0 unspecified atom stereocenters. The van der Waals surface area contributed by atoms with Gasteiger partial charge >= 0.3 is 0 Å². The third-order valence-corrected chi connectivity index (χ3v) is 4.64. The lowest BCUT2D eigenvalue weighted by atomic mass is 10.2. The minimum atomic E-state index is -3.86. The van der Waals surface area contributed by atoms with Crippen molar-refractivity contribution in [2.45, 2.75) is 11.8 Å². The summed E-state index contributed by atoms with van der Waals surface area (Å²) in [6.45, 7) is 1.68. The van der Waals surface area contributed by atoms with Crippen molar-refractivity contribution in [3.8, 4) is 0 Å². The monoisotopic (exact) mass is 358 g/mol. The van der Waals surface area contributed by atoms with Gasteiger partial charge in [0.2, 0.25) is 0 Å². The fourth-order valence-corrected chi connectivity index (χ4v) is 3.28. The van der Waals surface area contributed by atoms with Gasteiger partial charge in [-0.2, -0.15) is 0 Å². The van der Waals surface area contributed by atoms with E-state index in [1.807, 2.05) is 0 Å². The van der Waals surface area contributed by atoms with E-state index in [2.05, 4.69) is 20.7 Å².